The van der Waals surface area contributed by atoms with E-state index in [0.717, 1.165) is 15.4 Å². The second kappa shape index (κ2) is 7.18. The lowest BCUT2D eigenvalue weighted by Crippen LogP contribution is -2.23. The minimum atomic E-state index is -4.54. The molecule has 1 aromatic heterocycles. The highest BCUT2D eigenvalue weighted by Crippen LogP contribution is 2.37. The van der Waals surface area contributed by atoms with Crippen molar-refractivity contribution in [3.63, 3.8) is 0 Å². The zero-order chi connectivity index (χ0) is 19.8. The van der Waals surface area contributed by atoms with Gasteiger partial charge in [-0.2, -0.15) is 22.5 Å². The van der Waals surface area contributed by atoms with Crippen LogP contribution in [-0.4, -0.2) is 19.8 Å². The molecule has 3 aromatic rings. The van der Waals surface area contributed by atoms with Crippen molar-refractivity contribution in [1.82, 2.24) is 19.8 Å². The van der Waals surface area contributed by atoms with E-state index in [1.807, 2.05) is 0 Å². The van der Waals surface area contributed by atoms with Gasteiger partial charge in [0, 0.05) is 17.1 Å². The molecule has 6 nitrogen and oxygen atoms in total. The summed E-state index contributed by atoms with van der Waals surface area (Å²) in [6.07, 6.45) is -4.54. The summed E-state index contributed by atoms with van der Waals surface area (Å²) >= 11 is 3.35. The van der Waals surface area contributed by atoms with Gasteiger partial charge in [0.15, 0.2) is 0 Å². The Morgan fingerprint density at radius 1 is 1.19 bits per heavy atom. The number of tetrazole rings is 1. The molecule has 27 heavy (non-hydrogen) atoms. The van der Waals surface area contributed by atoms with E-state index >= 15 is 0 Å². The van der Waals surface area contributed by atoms with Gasteiger partial charge in [0.2, 0.25) is 0 Å². The highest BCUT2D eigenvalue weighted by atomic mass is 79.9. The molecule has 0 amide bonds. The van der Waals surface area contributed by atoms with Crippen LogP contribution in [0.4, 0.5) is 13.2 Å². The molecule has 0 saturated carbocycles. The molecule has 142 valence electrons. The van der Waals surface area contributed by atoms with Gasteiger partial charge in [0.1, 0.15) is 12.4 Å². The number of rotatable bonds is 4. The highest BCUT2D eigenvalue weighted by molar-refractivity contribution is 9.10. The van der Waals surface area contributed by atoms with E-state index < -0.39 is 17.4 Å². The Bertz CT molecular complexity index is 1040. The minimum absolute atomic E-state index is 0.202. The van der Waals surface area contributed by atoms with E-state index in [4.69, 9.17) is 4.74 Å². The van der Waals surface area contributed by atoms with Crippen LogP contribution in [0.15, 0.2) is 45.7 Å². The zero-order valence-corrected chi connectivity index (χ0v) is 15.9. The van der Waals surface area contributed by atoms with Crippen molar-refractivity contribution in [2.24, 2.45) is 7.05 Å². The van der Waals surface area contributed by atoms with Gasteiger partial charge in [0.05, 0.1) is 11.3 Å². The standard InChI is InChI=1S/C17H14BrF3N4O2/c1-10-6-7-12(17(19,20)21)15(8-10)27-9-11-13(18)4-3-5-14(11)25-16(26)24(2)22-23-25/h3-8H,9H2,1-2H3. The van der Waals surface area contributed by atoms with Crippen molar-refractivity contribution in [3.05, 3.63) is 68.0 Å². The van der Waals surface area contributed by atoms with E-state index in [9.17, 15) is 18.0 Å². The first-order valence-corrected chi connectivity index (χ1v) is 8.55. The monoisotopic (exact) mass is 442 g/mol. The fraction of sp³-hybridized carbons (Fsp3) is 0.235. The molecule has 10 heteroatoms. The van der Waals surface area contributed by atoms with E-state index in [-0.39, 0.29) is 12.4 Å². The molecule has 0 atom stereocenters. The summed E-state index contributed by atoms with van der Waals surface area (Å²) in [7, 11) is 1.45. The molecular formula is C17H14BrF3N4O2. The fourth-order valence-corrected chi connectivity index (χ4v) is 2.96. The lowest BCUT2D eigenvalue weighted by atomic mass is 10.1. The SMILES string of the molecule is Cc1ccc(C(F)(F)F)c(OCc2c(Br)cccc2-n2nnn(C)c2=O)c1. The summed E-state index contributed by atoms with van der Waals surface area (Å²) < 4.78 is 47.9. The molecule has 0 aliphatic rings. The van der Waals surface area contributed by atoms with Crippen LogP contribution >= 0.6 is 15.9 Å². The molecule has 0 aliphatic heterocycles. The first-order chi connectivity index (χ1) is 12.7. The highest BCUT2D eigenvalue weighted by Gasteiger charge is 2.34. The summed E-state index contributed by atoms with van der Waals surface area (Å²) in [5, 5.41) is 7.43. The molecule has 0 bridgehead atoms. The van der Waals surface area contributed by atoms with Gasteiger partial charge in [0.25, 0.3) is 0 Å². The number of nitrogens with zero attached hydrogens (tertiary/aromatic N) is 4. The molecular weight excluding hydrogens is 429 g/mol. The largest absolute Gasteiger partial charge is 0.488 e. The third kappa shape index (κ3) is 3.90. The van der Waals surface area contributed by atoms with Crippen molar-refractivity contribution < 1.29 is 17.9 Å². The number of aromatic nitrogens is 4. The van der Waals surface area contributed by atoms with Gasteiger partial charge < -0.3 is 4.74 Å². The summed E-state index contributed by atoms with van der Waals surface area (Å²) in [6, 6.07) is 8.67. The Kier molecular flexibility index (Phi) is 5.09. The van der Waals surface area contributed by atoms with Gasteiger partial charge in [-0.15, -0.1) is 0 Å². The van der Waals surface area contributed by atoms with Gasteiger partial charge in [-0.1, -0.05) is 28.1 Å². The molecule has 0 radical (unpaired) electrons. The van der Waals surface area contributed by atoms with Crippen LogP contribution in [-0.2, 0) is 19.8 Å². The van der Waals surface area contributed by atoms with E-state index in [0.29, 0.717) is 21.3 Å². The van der Waals surface area contributed by atoms with Crippen molar-refractivity contribution >= 4 is 15.9 Å². The molecule has 0 N–H and O–H groups in total. The summed E-state index contributed by atoms with van der Waals surface area (Å²) in [5.74, 6) is -0.282. The Morgan fingerprint density at radius 2 is 1.93 bits per heavy atom. The zero-order valence-electron chi connectivity index (χ0n) is 14.3. The third-order valence-corrected chi connectivity index (χ3v) is 4.60. The molecule has 0 unspecified atom stereocenters. The maximum absolute atomic E-state index is 13.2. The van der Waals surface area contributed by atoms with Crippen LogP contribution in [0.5, 0.6) is 5.75 Å². The molecule has 0 saturated heterocycles. The molecule has 2 aromatic carbocycles. The summed E-state index contributed by atoms with van der Waals surface area (Å²) in [5.41, 5.74) is 0.119. The predicted octanol–water partition coefficient (Wildman–Crippen LogP) is 3.63. The van der Waals surface area contributed by atoms with E-state index in [2.05, 4.69) is 26.4 Å². The molecule has 0 spiro atoms. The van der Waals surface area contributed by atoms with Crippen molar-refractivity contribution in [2.45, 2.75) is 19.7 Å². The number of hydrogen-bond donors (Lipinski definition) is 0. The molecule has 0 aliphatic carbocycles. The van der Waals surface area contributed by atoms with Crippen LogP contribution in [0.1, 0.15) is 16.7 Å². The third-order valence-electron chi connectivity index (χ3n) is 3.86. The van der Waals surface area contributed by atoms with Gasteiger partial charge in [-0.3, -0.25) is 0 Å². The van der Waals surface area contributed by atoms with Crippen LogP contribution in [0, 0.1) is 6.92 Å². The Hall–Kier alpha value is -2.62. The van der Waals surface area contributed by atoms with Crippen LogP contribution in [0.3, 0.4) is 0 Å². The second-order valence-corrected chi connectivity index (χ2v) is 6.67. The summed E-state index contributed by atoms with van der Waals surface area (Å²) in [6.45, 7) is 1.47. The molecule has 0 fully saturated rings. The number of ether oxygens (including phenoxy) is 1. The van der Waals surface area contributed by atoms with Gasteiger partial charge in [-0.25, -0.2) is 4.79 Å². The Morgan fingerprint density at radius 3 is 2.56 bits per heavy atom. The van der Waals surface area contributed by atoms with Gasteiger partial charge in [-0.05, 0) is 47.2 Å². The van der Waals surface area contributed by atoms with Gasteiger partial charge >= 0.3 is 11.9 Å². The molecule has 1 heterocycles. The fourth-order valence-electron chi connectivity index (χ4n) is 2.49. The number of halogens is 4. The molecule has 3 rings (SSSR count). The lowest BCUT2D eigenvalue weighted by molar-refractivity contribution is -0.139. The summed E-state index contributed by atoms with van der Waals surface area (Å²) in [4.78, 5) is 12.1. The second-order valence-electron chi connectivity index (χ2n) is 5.82. The van der Waals surface area contributed by atoms with Crippen LogP contribution < -0.4 is 10.4 Å². The van der Waals surface area contributed by atoms with Crippen LogP contribution in [0.25, 0.3) is 5.69 Å². The topological polar surface area (TPSA) is 61.9 Å². The van der Waals surface area contributed by atoms with E-state index in [1.165, 1.54) is 19.2 Å². The first-order valence-electron chi connectivity index (χ1n) is 7.76. The Balaban J connectivity index is 2.00. The van der Waals surface area contributed by atoms with Crippen molar-refractivity contribution in [1.29, 1.82) is 0 Å². The number of benzene rings is 2. The number of aryl methyl sites for hydroxylation is 2. The number of alkyl halides is 3. The van der Waals surface area contributed by atoms with Crippen LogP contribution in [0.2, 0.25) is 0 Å². The average Bonchev–Trinajstić information content (AvgIpc) is 2.91. The van der Waals surface area contributed by atoms with Crippen molar-refractivity contribution in [3.8, 4) is 11.4 Å². The predicted molar refractivity (Wildman–Crippen MR) is 94.8 cm³/mol. The van der Waals surface area contributed by atoms with E-state index in [1.54, 1.807) is 25.1 Å². The minimum Gasteiger partial charge on any atom is -0.488 e. The van der Waals surface area contributed by atoms with Crippen molar-refractivity contribution in [2.75, 3.05) is 0 Å². The maximum atomic E-state index is 13.2. The normalized spacial score (nSPS) is 11.6. The first kappa shape index (κ1) is 19.2. The lowest BCUT2D eigenvalue weighted by Gasteiger charge is -2.16. The maximum Gasteiger partial charge on any atom is 0.419 e. The average molecular weight is 443 g/mol. The number of hydrogen-bond acceptors (Lipinski definition) is 4. The Labute approximate surface area is 160 Å². The quantitative estimate of drug-likeness (QED) is 0.618. The smallest absolute Gasteiger partial charge is 0.419 e.